The summed E-state index contributed by atoms with van der Waals surface area (Å²) < 4.78 is 13.3. The van der Waals surface area contributed by atoms with Gasteiger partial charge in [-0.2, -0.15) is 0 Å². The molecule has 2 heterocycles. The van der Waals surface area contributed by atoms with Gasteiger partial charge in [0.2, 0.25) is 5.91 Å². The molecule has 2 aliphatic heterocycles. The second kappa shape index (κ2) is 5.75. The first-order valence-electron chi connectivity index (χ1n) is 9.27. The molecule has 2 atom stereocenters. The largest absolute Gasteiger partial charge is 0.363 e. The number of carbonyl (C=O) groups excluding carboxylic acids is 1. The molecule has 4 rings (SSSR count). The standard InChI is InChI=1S/C20H27FN2O/c1-20(2)12-15-13-22(19(24)11-14-3-4-14)10-9-18(15)23(20)17-7-5-16(21)6-8-17/h5-8,14-15,18H,3-4,9-13H2,1-2H3/t15-,18+/m1/s1. The van der Waals surface area contributed by atoms with Crippen LogP contribution >= 0.6 is 0 Å². The summed E-state index contributed by atoms with van der Waals surface area (Å²) in [6.07, 6.45) is 5.32. The minimum Gasteiger partial charge on any atom is -0.363 e. The Kier molecular flexibility index (Phi) is 3.81. The second-order valence-corrected chi connectivity index (χ2v) is 8.47. The summed E-state index contributed by atoms with van der Waals surface area (Å²) in [4.78, 5) is 17.0. The Hall–Kier alpha value is -1.58. The molecule has 1 saturated carbocycles. The molecule has 3 fully saturated rings. The summed E-state index contributed by atoms with van der Waals surface area (Å²) in [5.74, 6) is 1.34. The normalized spacial score (nSPS) is 28.8. The summed E-state index contributed by atoms with van der Waals surface area (Å²) in [6, 6.07) is 7.34. The average molecular weight is 330 g/mol. The number of halogens is 1. The minimum absolute atomic E-state index is 0.0444. The van der Waals surface area contributed by atoms with Crippen LogP contribution in [0.1, 0.15) is 46.0 Å². The van der Waals surface area contributed by atoms with Gasteiger partial charge in [-0.3, -0.25) is 4.79 Å². The lowest BCUT2D eigenvalue weighted by atomic mass is 9.89. The number of rotatable bonds is 3. The highest BCUT2D eigenvalue weighted by Crippen LogP contribution is 2.45. The SMILES string of the molecule is CC1(C)C[C@@H]2CN(C(=O)CC3CC3)CC[C@@H]2N1c1ccc(F)cc1. The molecule has 24 heavy (non-hydrogen) atoms. The van der Waals surface area contributed by atoms with Crippen LogP contribution in [0, 0.1) is 17.7 Å². The predicted molar refractivity (Wildman–Crippen MR) is 93.4 cm³/mol. The molecule has 1 amide bonds. The fourth-order valence-electron chi connectivity index (χ4n) is 4.82. The van der Waals surface area contributed by atoms with E-state index in [-0.39, 0.29) is 11.4 Å². The van der Waals surface area contributed by atoms with E-state index in [2.05, 4.69) is 23.6 Å². The van der Waals surface area contributed by atoms with Crippen molar-refractivity contribution >= 4 is 11.6 Å². The number of fused-ring (bicyclic) bond motifs is 1. The van der Waals surface area contributed by atoms with Crippen molar-refractivity contribution in [1.82, 2.24) is 4.90 Å². The molecule has 4 heteroatoms. The van der Waals surface area contributed by atoms with Crippen molar-refractivity contribution in [2.24, 2.45) is 11.8 Å². The zero-order valence-corrected chi connectivity index (χ0v) is 14.7. The smallest absolute Gasteiger partial charge is 0.222 e. The summed E-state index contributed by atoms with van der Waals surface area (Å²) in [7, 11) is 0. The monoisotopic (exact) mass is 330 g/mol. The maximum Gasteiger partial charge on any atom is 0.222 e. The van der Waals surface area contributed by atoms with E-state index in [1.807, 2.05) is 12.1 Å². The number of carbonyl (C=O) groups is 1. The molecule has 1 aliphatic carbocycles. The van der Waals surface area contributed by atoms with Gasteiger partial charge in [0.15, 0.2) is 0 Å². The van der Waals surface area contributed by atoms with Crippen LogP contribution in [-0.2, 0) is 4.79 Å². The number of piperidine rings is 1. The number of anilines is 1. The Morgan fingerprint density at radius 2 is 1.92 bits per heavy atom. The summed E-state index contributed by atoms with van der Waals surface area (Å²) in [6.45, 7) is 6.29. The van der Waals surface area contributed by atoms with E-state index in [4.69, 9.17) is 0 Å². The van der Waals surface area contributed by atoms with Crippen LogP contribution < -0.4 is 4.90 Å². The molecule has 2 saturated heterocycles. The van der Waals surface area contributed by atoms with Crippen molar-refractivity contribution < 1.29 is 9.18 Å². The molecule has 0 unspecified atom stereocenters. The van der Waals surface area contributed by atoms with Gasteiger partial charge in [-0.15, -0.1) is 0 Å². The van der Waals surface area contributed by atoms with Crippen LogP contribution in [-0.4, -0.2) is 35.5 Å². The molecular formula is C20H27FN2O. The molecule has 1 aromatic rings. The Morgan fingerprint density at radius 1 is 1.21 bits per heavy atom. The maximum absolute atomic E-state index is 13.3. The van der Waals surface area contributed by atoms with E-state index < -0.39 is 0 Å². The Morgan fingerprint density at radius 3 is 2.58 bits per heavy atom. The third kappa shape index (κ3) is 2.91. The van der Waals surface area contributed by atoms with Crippen molar-refractivity contribution in [2.75, 3.05) is 18.0 Å². The first-order chi connectivity index (χ1) is 11.4. The third-order valence-electron chi connectivity index (χ3n) is 6.06. The number of likely N-dealkylation sites (tertiary alicyclic amines) is 1. The Labute approximate surface area is 143 Å². The number of hydrogen-bond acceptors (Lipinski definition) is 2. The quantitative estimate of drug-likeness (QED) is 0.841. The number of nitrogens with zero attached hydrogens (tertiary/aromatic N) is 2. The molecule has 0 N–H and O–H groups in total. The van der Waals surface area contributed by atoms with Gasteiger partial charge in [0.25, 0.3) is 0 Å². The lowest BCUT2D eigenvalue weighted by Gasteiger charge is -2.42. The highest BCUT2D eigenvalue weighted by Gasteiger charge is 2.48. The second-order valence-electron chi connectivity index (χ2n) is 8.47. The fraction of sp³-hybridized carbons (Fsp3) is 0.650. The summed E-state index contributed by atoms with van der Waals surface area (Å²) in [5, 5.41) is 0. The minimum atomic E-state index is -0.187. The van der Waals surface area contributed by atoms with Gasteiger partial charge in [0.05, 0.1) is 0 Å². The van der Waals surface area contributed by atoms with E-state index in [0.29, 0.717) is 23.8 Å². The van der Waals surface area contributed by atoms with Crippen LogP contribution in [0.25, 0.3) is 0 Å². The van der Waals surface area contributed by atoms with Gasteiger partial charge < -0.3 is 9.80 Å². The zero-order chi connectivity index (χ0) is 16.9. The van der Waals surface area contributed by atoms with Crippen molar-refractivity contribution in [3.8, 4) is 0 Å². The van der Waals surface area contributed by atoms with Gasteiger partial charge in [-0.25, -0.2) is 4.39 Å². The Bertz CT molecular complexity index is 623. The molecule has 130 valence electrons. The molecular weight excluding hydrogens is 303 g/mol. The molecule has 0 spiro atoms. The van der Waals surface area contributed by atoms with E-state index in [0.717, 1.165) is 38.0 Å². The molecule has 3 nitrogen and oxygen atoms in total. The van der Waals surface area contributed by atoms with Crippen molar-refractivity contribution in [1.29, 1.82) is 0 Å². The van der Waals surface area contributed by atoms with Gasteiger partial charge in [0.1, 0.15) is 5.82 Å². The number of hydrogen-bond donors (Lipinski definition) is 0. The van der Waals surface area contributed by atoms with Crippen LogP contribution in [0.2, 0.25) is 0 Å². The highest BCUT2D eigenvalue weighted by molar-refractivity contribution is 5.77. The van der Waals surface area contributed by atoms with Crippen molar-refractivity contribution in [3.05, 3.63) is 30.1 Å². The van der Waals surface area contributed by atoms with Crippen LogP contribution in [0.4, 0.5) is 10.1 Å². The molecule has 0 aromatic heterocycles. The third-order valence-corrected chi connectivity index (χ3v) is 6.06. The zero-order valence-electron chi connectivity index (χ0n) is 14.7. The first kappa shape index (κ1) is 15.9. The van der Waals surface area contributed by atoms with E-state index >= 15 is 0 Å². The lowest BCUT2D eigenvalue weighted by Crippen LogP contribution is -2.50. The highest BCUT2D eigenvalue weighted by atomic mass is 19.1. The van der Waals surface area contributed by atoms with E-state index in [9.17, 15) is 9.18 Å². The molecule has 1 aromatic carbocycles. The first-order valence-corrected chi connectivity index (χ1v) is 9.27. The maximum atomic E-state index is 13.3. The van der Waals surface area contributed by atoms with Crippen molar-refractivity contribution in [2.45, 2.75) is 57.5 Å². The number of benzene rings is 1. The van der Waals surface area contributed by atoms with Gasteiger partial charge in [0, 0.05) is 36.8 Å². The van der Waals surface area contributed by atoms with Crippen LogP contribution in [0.5, 0.6) is 0 Å². The van der Waals surface area contributed by atoms with E-state index in [1.54, 1.807) is 12.1 Å². The number of amides is 1. The summed E-state index contributed by atoms with van der Waals surface area (Å²) in [5.41, 5.74) is 1.15. The average Bonchev–Trinajstić information content (AvgIpc) is 3.29. The van der Waals surface area contributed by atoms with Crippen LogP contribution in [0.3, 0.4) is 0 Å². The molecule has 3 aliphatic rings. The topological polar surface area (TPSA) is 23.6 Å². The predicted octanol–water partition coefficient (Wildman–Crippen LogP) is 3.83. The van der Waals surface area contributed by atoms with Crippen molar-refractivity contribution in [3.63, 3.8) is 0 Å². The Balaban J connectivity index is 1.50. The fourth-order valence-corrected chi connectivity index (χ4v) is 4.82. The van der Waals surface area contributed by atoms with Gasteiger partial charge in [-0.05, 0) is 75.6 Å². The lowest BCUT2D eigenvalue weighted by molar-refractivity contribution is -0.133. The molecule has 0 radical (unpaired) electrons. The summed E-state index contributed by atoms with van der Waals surface area (Å²) >= 11 is 0. The van der Waals surface area contributed by atoms with Crippen LogP contribution in [0.15, 0.2) is 24.3 Å². The van der Waals surface area contributed by atoms with Gasteiger partial charge in [-0.1, -0.05) is 0 Å². The molecule has 0 bridgehead atoms. The van der Waals surface area contributed by atoms with Gasteiger partial charge >= 0.3 is 0 Å². The van der Waals surface area contributed by atoms with E-state index in [1.165, 1.54) is 12.8 Å².